The van der Waals surface area contributed by atoms with Crippen molar-refractivity contribution in [1.82, 2.24) is 20.6 Å². The molecule has 8 aromatic rings. The second kappa shape index (κ2) is 57.7. The van der Waals surface area contributed by atoms with Gasteiger partial charge in [-0.2, -0.15) is 0 Å². The summed E-state index contributed by atoms with van der Waals surface area (Å²) in [5, 5.41) is 51.1. The van der Waals surface area contributed by atoms with Crippen LogP contribution in [0.4, 0.5) is 21.2 Å². The summed E-state index contributed by atoms with van der Waals surface area (Å²) in [6.45, 7) is 17.0. The maximum atomic E-state index is 13.6. The third kappa shape index (κ3) is 38.5. The van der Waals surface area contributed by atoms with Gasteiger partial charge in [-0.1, -0.05) is 114 Å². The van der Waals surface area contributed by atoms with E-state index in [1.54, 1.807) is 84.3 Å². The number of fused-ring (bicyclic) bond motifs is 2. The number of aromatic nitrogens is 2. The Balaban J connectivity index is 0.000000620. The Hall–Kier alpha value is -7.90. The molecule has 0 saturated heterocycles. The number of hydrogen-bond donors (Lipinski definition) is 5. The van der Waals surface area contributed by atoms with Gasteiger partial charge in [-0.3, -0.25) is 43.4 Å². The number of amides is 4. The van der Waals surface area contributed by atoms with Crippen molar-refractivity contribution in [1.29, 1.82) is 0 Å². The number of ether oxygens (including phenoxy) is 9. The van der Waals surface area contributed by atoms with E-state index in [2.05, 4.69) is 35.5 Å². The monoisotopic (exact) mass is 1940 g/mol. The van der Waals surface area contributed by atoms with Gasteiger partial charge in [-0.15, -0.1) is 0 Å². The molecule has 4 atom stereocenters. The molecular weight excluding hydrogens is 1830 g/mol. The Labute approximate surface area is 835 Å². The van der Waals surface area contributed by atoms with Crippen molar-refractivity contribution in [2.75, 3.05) is 116 Å². The molecule has 123 heavy (non-hydrogen) atoms. The van der Waals surface area contributed by atoms with Crippen LogP contribution < -0.4 is 168 Å². The molecule has 0 radical (unpaired) electrons. The number of aliphatic hydroxyl groups excluding tert-OH is 2. The number of azide groups is 1. The van der Waals surface area contributed by atoms with E-state index >= 15 is 0 Å². The maximum Gasteiger partial charge on any atom is 1.00 e. The molecule has 5 N–H and O–H groups in total. The van der Waals surface area contributed by atoms with Crippen molar-refractivity contribution in [2.45, 2.75) is 142 Å². The van der Waals surface area contributed by atoms with Crippen LogP contribution in [-0.4, -0.2) is 209 Å². The predicted octanol–water partition coefficient (Wildman–Crippen LogP) is 6.05. The average Bonchev–Trinajstić information content (AvgIpc) is 0.773. The maximum absolute atomic E-state index is 13.6. The van der Waals surface area contributed by atoms with Gasteiger partial charge in [0.25, 0.3) is 6.47 Å². The van der Waals surface area contributed by atoms with Crippen LogP contribution in [-0.2, 0) is 76.3 Å². The molecule has 0 unspecified atom stereocenters. The number of phenolic OH excluding ortho intramolecular Hbond substituents is 1. The number of hydrogen-bond acceptors (Lipinski definition) is 26. The Kier molecular flexibility index (Phi) is 50.4. The minimum absolute atomic E-state index is 0. The fraction of sp³-hybridized carbons (Fsp3) is 0.427. The molecule has 6 aromatic carbocycles. The van der Waals surface area contributed by atoms with Crippen LogP contribution in [0.2, 0.25) is 0 Å². The summed E-state index contributed by atoms with van der Waals surface area (Å²) >= 11 is 0. The fourth-order valence-corrected chi connectivity index (χ4v) is 12.5. The third-order valence-corrected chi connectivity index (χ3v) is 18.4. The van der Waals surface area contributed by atoms with Gasteiger partial charge >= 0.3 is 162 Å². The van der Waals surface area contributed by atoms with Crippen LogP contribution in [0.5, 0.6) is 11.5 Å². The summed E-state index contributed by atoms with van der Waals surface area (Å²) < 4.78 is 49.1. The SMILES string of the molecule is COC(=O)C[C@H](CC(=O)[C@H](CO)NC(=O)CCCN(C(=O)OC(C)(C)C)c1cc(C)ccn1)c1ccc(-c2ccc(O)c3ccccc23)cc1.COC(=O)C[C@H](CC(=O)[C@H](CO)NC(=O)CCCN(C(=O)OC(C)(C)C)c1cc(C)ccn1)c1ccc(-c2ccc(OCCOCCOCCOCCOCCN=[N+]=[N-])c3ccccc23)cc1.O=CO[O-].[Cs+].[Cs+].[H-]. The van der Waals surface area contributed by atoms with Crippen molar-refractivity contribution in [2.24, 2.45) is 5.11 Å². The molecule has 4 amide bonds. The first-order chi connectivity index (χ1) is 58.0. The number of carbonyl (C=O) groups is 9. The third-order valence-electron chi connectivity index (χ3n) is 18.4. The van der Waals surface area contributed by atoms with Gasteiger partial charge in [-0.25, -0.2) is 19.6 Å². The largest absolute Gasteiger partial charge is 1.00 e. The standard InChI is InChI=1S/C49H64N6O12.C39H45N3O8.CH2O3.2Cs.H/c1-35-18-19-51-45(31-35)55(48(60)67-49(2,3)4)21-8-11-46(58)53-42(34-56)43(57)32-38(33-47(59)61-5)36-12-14-37(15-13-36)39-16-17-44(41-10-7-6-9-40(39)41)66-30-29-65-28-27-64-26-25-63-24-23-62-22-20-52-54-50;1-25-18-19-40-35(21-25)42(38(48)50-39(2,3)4)20-8-11-36(46)41-32(24-43)34(45)22-28(23-37(47)49-5)26-12-14-27(15-13-26)29-16-17-33(44)31-10-7-6-9-30(29)31;2-1-4-3;;;/h6-7,9-10,12-19,31,38,42,56H,8,11,20-30,32-34H2,1-5H3,(H,53,58);6-7,9-10,12-19,21,28,32,43-44H,8,11,20,22-24H2,1-5H3,(H,41,46);1,3H;;;/q;;;2*+1;-1/p-1/t38-,42-;28-,32-;;;;/m00..../s1. The molecule has 2 heterocycles. The van der Waals surface area contributed by atoms with Gasteiger partial charge in [0.1, 0.15) is 53.0 Å². The second-order valence-corrected chi connectivity index (χ2v) is 29.8. The van der Waals surface area contributed by atoms with Crippen molar-refractivity contribution in [3.05, 3.63) is 191 Å². The number of esters is 2. The zero-order chi connectivity index (χ0) is 88.3. The normalized spacial score (nSPS) is 11.9. The van der Waals surface area contributed by atoms with Crippen molar-refractivity contribution in [3.63, 3.8) is 0 Å². The van der Waals surface area contributed by atoms with E-state index < -0.39 is 95.8 Å². The summed E-state index contributed by atoms with van der Waals surface area (Å²) in [5.74, 6) is -2.36. The molecule has 0 aliphatic heterocycles. The smallest absolute Gasteiger partial charge is 1.00 e. The molecule has 0 fully saturated rings. The Morgan fingerprint density at radius 1 is 0.537 bits per heavy atom. The van der Waals surface area contributed by atoms with Crippen molar-refractivity contribution >= 4 is 87.2 Å². The van der Waals surface area contributed by atoms with Crippen LogP contribution in [0.1, 0.15) is 128 Å². The van der Waals surface area contributed by atoms with Crippen LogP contribution >= 0.6 is 0 Å². The summed E-state index contributed by atoms with van der Waals surface area (Å²) in [4.78, 5) is 129. The minimum Gasteiger partial charge on any atom is -1.00 e. The number of nitrogens with zero attached hydrogens (tertiary/aromatic N) is 7. The number of nitrogens with one attached hydrogen (secondary N) is 2. The van der Waals surface area contributed by atoms with E-state index in [9.17, 15) is 53.7 Å². The second-order valence-electron chi connectivity index (χ2n) is 29.8. The predicted molar refractivity (Wildman–Crippen MR) is 451 cm³/mol. The molecule has 0 aliphatic carbocycles. The van der Waals surface area contributed by atoms with Gasteiger partial charge in [-0.05, 0) is 165 Å². The van der Waals surface area contributed by atoms with E-state index in [1.165, 1.54) is 24.0 Å². The Morgan fingerprint density at radius 2 is 0.919 bits per heavy atom. The molecule has 0 aliphatic rings. The number of aryl methyl sites for hydroxylation is 2. The molecule has 8 rings (SSSR count). The Bertz CT molecular complexity index is 4730. The zero-order valence-electron chi connectivity index (χ0n) is 73.1. The van der Waals surface area contributed by atoms with Crippen LogP contribution in [0.3, 0.4) is 0 Å². The van der Waals surface area contributed by atoms with Gasteiger partial charge < -0.3 is 80.2 Å². The van der Waals surface area contributed by atoms with E-state index in [-0.39, 0.29) is 216 Å². The number of rotatable bonds is 45. The molecule has 0 bridgehead atoms. The average molecular weight is 1940 g/mol. The molecule has 0 saturated carbocycles. The first-order valence-electron chi connectivity index (χ1n) is 39.5. The number of methoxy groups -OCH3 is 2. The first kappa shape index (κ1) is 107. The van der Waals surface area contributed by atoms with E-state index in [1.807, 2.05) is 129 Å². The van der Waals surface area contributed by atoms with Gasteiger partial charge in [0.2, 0.25) is 11.8 Å². The molecule has 0 spiro atoms. The number of aromatic hydroxyl groups is 1. The Morgan fingerprint density at radius 3 is 1.30 bits per heavy atom. The minimum atomic E-state index is -1.21. The molecular formula is C89H111Cs2N9O23. The molecule has 32 nitrogen and oxygen atoms in total. The number of Topliss-reactive ketones (excluding diaryl/α,β-unsaturated/α-hetero) is 2. The van der Waals surface area contributed by atoms with Gasteiger partial charge in [0.05, 0.1) is 93.1 Å². The quantitative estimate of drug-likeness (QED) is 0.00334. The van der Waals surface area contributed by atoms with E-state index in [0.717, 1.165) is 54.9 Å². The van der Waals surface area contributed by atoms with Gasteiger partial charge in [0.15, 0.2) is 11.6 Å². The summed E-state index contributed by atoms with van der Waals surface area (Å²) in [5.41, 5.74) is 13.6. The van der Waals surface area contributed by atoms with Crippen LogP contribution in [0, 0.1) is 13.8 Å². The van der Waals surface area contributed by atoms with Crippen molar-refractivity contribution in [3.8, 4) is 33.8 Å². The number of pyridine rings is 2. The van der Waals surface area contributed by atoms with Crippen molar-refractivity contribution < 1.29 is 250 Å². The number of phenols is 1. The summed E-state index contributed by atoms with van der Waals surface area (Å²) in [7, 11) is 2.55. The first-order valence-corrected chi connectivity index (χ1v) is 39.5. The number of ketones is 2. The van der Waals surface area contributed by atoms with E-state index in [0.29, 0.717) is 94.5 Å². The number of carbonyl (C=O) groups excluding carboxylic acids is 9. The van der Waals surface area contributed by atoms with Gasteiger partial charge in [0, 0.05) is 85.2 Å². The molecule has 652 valence electrons. The summed E-state index contributed by atoms with van der Waals surface area (Å²) in [6.07, 6.45) is 1.90. The topological polar surface area (TPSA) is 435 Å². The van der Waals surface area contributed by atoms with Crippen LogP contribution in [0.15, 0.2) is 163 Å². The molecule has 34 heteroatoms. The zero-order valence-corrected chi connectivity index (χ0v) is 84.7. The van der Waals surface area contributed by atoms with E-state index in [4.69, 9.17) is 58.2 Å². The number of benzene rings is 6. The fourth-order valence-electron chi connectivity index (χ4n) is 12.5. The number of aliphatic hydroxyl groups is 2. The number of anilines is 2. The molecule has 2 aromatic heterocycles. The van der Waals surface area contributed by atoms with Crippen LogP contribution in [0.25, 0.3) is 54.2 Å². The summed E-state index contributed by atoms with van der Waals surface area (Å²) in [6, 6.07) is 42.6.